The van der Waals surface area contributed by atoms with Crippen molar-refractivity contribution in [3.63, 3.8) is 0 Å². The second-order valence-electron chi connectivity index (χ2n) is 7.05. The zero-order chi connectivity index (χ0) is 21.8. The Morgan fingerprint density at radius 1 is 1.47 bits per heavy atom. The van der Waals surface area contributed by atoms with Crippen molar-refractivity contribution in [1.29, 1.82) is 0 Å². The van der Waals surface area contributed by atoms with Crippen LogP contribution >= 0.6 is 7.52 Å². The van der Waals surface area contributed by atoms with Gasteiger partial charge in [-0.25, -0.2) is 9.88 Å². The van der Waals surface area contributed by atoms with Crippen molar-refractivity contribution in [2.24, 2.45) is 5.92 Å². The predicted molar refractivity (Wildman–Crippen MR) is 112 cm³/mol. The average molecular weight is 443 g/mol. The number of H-pyrrole nitrogens is 1. The largest absolute Gasteiger partial charge is 0.468 e. The molecule has 0 spiro atoms. The monoisotopic (exact) mass is 443 g/mol. The minimum absolute atomic E-state index is 0. The van der Waals surface area contributed by atoms with Crippen LogP contribution in [0.3, 0.4) is 0 Å². The van der Waals surface area contributed by atoms with E-state index in [1.807, 2.05) is 0 Å². The van der Waals surface area contributed by atoms with Crippen LogP contribution in [-0.4, -0.2) is 53.2 Å². The summed E-state index contributed by atoms with van der Waals surface area (Å²) in [5.41, 5.74) is -0.970. The van der Waals surface area contributed by atoms with Crippen molar-refractivity contribution in [2.45, 2.75) is 52.3 Å². The van der Waals surface area contributed by atoms with Crippen LogP contribution < -0.4 is 16.3 Å². The molecule has 5 atom stereocenters. The Hall–Kier alpha value is -2.18. The Labute approximate surface area is 175 Å². The Bertz CT molecular complexity index is 975. The van der Waals surface area contributed by atoms with Gasteiger partial charge in [-0.1, -0.05) is 13.3 Å². The number of aromatic amines is 1. The van der Waals surface area contributed by atoms with Gasteiger partial charge in [0.05, 0.1) is 19.8 Å². The lowest BCUT2D eigenvalue weighted by atomic mass is 10.1. The van der Waals surface area contributed by atoms with E-state index < -0.39 is 36.9 Å². The molecule has 1 saturated carbocycles. The molecule has 0 aliphatic heterocycles. The molecule has 1 fully saturated rings. The number of aliphatic hydroxyl groups excluding tert-OH is 1. The van der Waals surface area contributed by atoms with Gasteiger partial charge in [-0.15, -0.1) is 5.92 Å². The van der Waals surface area contributed by atoms with Crippen molar-refractivity contribution in [1.82, 2.24) is 14.6 Å². The van der Waals surface area contributed by atoms with Crippen LogP contribution in [0.4, 0.5) is 0 Å². The van der Waals surface area contributed by atoms with Crippen LogP contribution in [0.25, 0.3) is 0 Å². The first-order chi connectivity index (χ1) is 13.6. The summed E-state index contributed by atoms with van der Waals surface area (Å²) >= 11 is 0. The van der Waals surface area contributed by atoms with Crippen LogP contribution in [0.2, 0.25) is 0 Å². The van der Waals surface area contributed by atoms with Gasteiger partial charge in [-0.2, -0.15) is 0 Å². The second kappa shape index (κ2) is 10.7. The molecule has 0 bridgehead atoms. The number of nitrogens with one attached hydrogen (secondary N) is 2. The number of methoxy groups -OCH3 is 1. The highest BCUT2D eigenvalue weighted by Crippen LogP contribution is 2.42. The fraction of sp³-hybridized carbons (Fsp3) is 0.632. The molecule has 11 heteroatoms. The van der Waals surface area contributed by atoms with Crippen molar-refractivity contribution in [2.75, 3.05) is 20.4 Å². The summed E-state index contributed by atoms with van der Waals surface area (Å²) < 4.78 is 23.9. The molecule has 1 aliphatic carbocycles. The number of aliphatic hydroxyl groups is 1. The van der Waals surface area contributed by atoms with E-state index in [1.165, 1.54) is 31.5 Å². The van der Waals surface area contributed by atoms with E-state index in [0.717, 1.165) is 0 Å². The van der Waals surface area contributed by atoms with Gasteiger partial charge in [0.25, 0.3) is 13.1 Å². The first-order valence-corrected chi connectivity index (χ1v) is 11.2. The first-order valence-electron chi connectivity index (χ1n) is 9.12. The lowest BCUT2D eigenvalue weighted by Crippen LogP contribution is -2.33. The molecule has 30 heavy (non-hydrogen) atoms. The topological polar surface area (TPSA) is 140 Å². The normalized spacial score (nSPS) is 23.4. The zero-order valence-electron chi connectivity index (χ0n) is 16.8. The predicted octanol–water partition coefficient (Wildman–Crippen LogP) is 0.847. The molecule has 0 saturated heterocycles. The molecular formula is C19H30N3O7P. The molecule has 3 unspecified atom stereocenters. The van der Waals surface area contributed by atoms with E-state index in [9.17, 15) is 24.1 Å². The molecule has 0 aromatic carbocycles. The standard InChI is InChI=1S/C18H26N3O7P.CH4/c1-5-6-12-9-21(18(25)19-16(12)23)14-7-13(15(22)8-14)10-28-29(4,26)20-11(2)17(24)27-3;/h9,11,13-15,22H,7-8,10H2,1-4H3,(H,20,26)(H,19,23,25);1H4/t11-,13?,14+,15?,29?;/m0./s1. The maximum absolute atomic E-state index is 12.5. The summed E-state index contributed by atoms with van der Waals surface area (Å²) in [6.07, 6.45) is 1.28. The van der Waals surface area contributed by atoms with Crippen LogP contribution in [-0.2, 0) is 18.6 Å². The first kappa shape index (κ1) is 25.9. The van der Waals surface area contributed by atoms with Crippen molar-refractivity contribution >= 4 is 13.5 Å². The summed E-state index contributed by atoms with van der Waals surface area (Å²) in [6, 6.07) is -1.17. The third-order valence-corrected chi connectivity index (χ3v) is 6.27. The molecule has 1 heterocycles. The van der Waals surface area contributed by atoms with Gasteiger partial charge in [0.15, 0.2) is 0 Å². The van der Waals surface area contributed by atoms with Gasteiger partial charge in [0, 0.05) is 24.8 Å². The van der Waals surface area contributed by atoms with E-state index in [-0.39, 0.29) is 38.0 Å². The number of nitrogens with zero attached hydrogens (tertiary/aromatic N) is 1. The van der Waals surface area contributed by atoms with Crippen molar-refractivity contribution < 1.29 is 23.7 Å². The zero-order valence-corrected chi connectivity index (χ0v) is 17.7. The SMILES string of the molecule is C.CC#Cc1cn([C@H]2CC(O)C(COP(C)(=O)N[C@@H](C)C(=O)OC)C2)c(=O)[nH]c1=O. The summed E-state index contributed by atoms with van der Waals surface area (Å²) in [5, 5.41) is 13.0. The summed E-state index contributed by atoms with van der Waals surface area (Å²) in [5.74, 6) is 4.32. The van der Waals surface area contributed by atoms with E-state index in [2.05, 4.69) is 26.6 Å². The van der Waals surface area contributed by atoms with Gasteiger partial charge >= 0.3 is 11.7 Å². The number of ether oxygens (including phenoxy) is 1. The van der Waals surface area contributed by atoms with E-state index in [1.54, 1.807) is 6.92 Å². The van der Waals surface area contributed by atoms with E-state index in [0.29, 0.717) is 6.42 Å². The third-order valence-electron chi connectivity index (χ3n) is 4.77. The van der Waals surface area contributed by atoms with Gasteiger partial charge in [-0.05, 0) is 26.7 Å². The van der Waals surface area contributed by atoms with Crippen molar-refractivity contribution in [3.05, 3.63) is 32.6 Å². The lowest BCUT2D eigenvalue weighted by molar-refractivity contribution is -0.142. The highest BCUT2D eigenvalue weighted by Gasteiger charge is 2.36. The molecule has 1 aromatic rings. The maximum Gasteiger partial charge on any atom is 0.328 e. The van der Waals surface area contributed by atoms with Gasteiger partial charge in [0.1, 0.15) is 11.6 Å². The van der Waals surface area contributed by atoms with Crippen LogP contribution in [0.5, 0.6) is 0 Å². The number of carbonyl (C=O) groups excluding carboxylic acids is 1. The van der Waals surface area contributed by atoms with E-state index >= 15 is 0 Å². The fourth-order valence-corrected chi connectivity index (χ4v) is 4.68. The molecule has 1 aliphatic rings. The molecule has 3 N–H and O–H groups in total. The molecule has 1 aromatic heterocycles. The van der Waals surface area contributed by atoms with Gasteiger partial charge in [-0.3, -0.25) is 23.7 Å². The van der Waals surface area contributed by atoms with Crippen LogP contribution in [0.1, 0.15) is 45.7 Å². The molecule has 0 amide bonds. The minimum Gasteiger partial charge on any atom is -0.468 e. The number of aromatic nitrogens is 2. The Balaban J connectivity index is 0.00000450. The summed E-state index contributed by atoms with van der Waals surface area (Å²) in [4.78, 5) is 37.7. The van der Waals surface area contributed by atoms with Crippen molar-refractivity contribution in [3.8, 4) is 11.8 Å². The third kappa shape index (κ3) is 6.41. The Morgan fingerprint density at radius 2 is 2.13 bits per heavy atom. The number of carbonyl (C=O) groups is 1. The molecule has 10 nitrogen and oxygen atoms in total. The summed E-state index contributed by atoms with van der Waals surface area (Å²) in [6.45, 7) is 4.41. The highest BCUT2D eigenvalue weighted by molar-refractivity contribution is 7.56. The number of esters is 1. The van der Waals surface area contributed by atoms with Gasteiger partial charge < -0.3 is 14.4 Å². The maximum atomic E-state index is 12.5. The van der Waals surface area contributed by atoms with Crippen LogP contribution in [0, 0.1) is 17.8 Å². The molecule has 0 radical (unpaired) electrons. The highest BCUT2D eigenvalue weighted by atomic mass is 31.2. The quantitative estimate of drug-likeness (QED) is 0.320. The fourth-order valence-electron chi connectivity index (χ4n) is 3.32. The smallest absolute Gasteiger partial charge is 0.328 e. The Morgan fingerprint density at radius 3 is 2.73 bits per heavy atom. The number of hydrogen-bond acceptors (Lipinski definition) is 7. The number of hydrogen-bond donors (Lipinski definition) is 3. The molecule has 2 rings (SSSR count). The Kier molecular flexibility index (Phi) is 9.25. The minimum atomic E-state index is -3.32. The molecular weight excluding hydrogens is 413 g/mol. The summed E-state index contributed by atoms with van der Waals surface area (Å²) in [7, 11) is -2.09. The van der Waals surface area contributed by atoms with Gasteiger partial charge in [0.2, 0.25) is 0 Å². The molecule has 168 valence electrons. The van der Waals surface area contributed by atoms with Crippen LogP contribution in [0.15, 0.2) is 15.8 Å². The average Bonchev–Trinajstić information content (AvgIpc) is 3.01. The second-order valence-corrected chi connectivity index (χ2v) is 9.26. The lowest BCUT2D eigenvalue weighted by Gasteiger charge is -2.22. The van der Waals surface area contributed by atoms with E-state index in [4.69, 9.17) is 4.52 Å². The number of rotatable bonds is 7.